The van der Waals surface area contributed by atoms with Gasteiger partial charge in [0.05, 0.1) is 10.5 Å². The molecule has 0 fully saturated rings. The smallest absolute Gasteiger partial charge is 0.324 e. The first-order valence-electron chi connectivity index (χ1n) is 8.23. The van der Waals surface area contributed by atoms with Gasteiger partial charge in [0.25, 0.3) is 5.56 Å². The zero-order valence-corrected chi connectivity index (χ0v) is 16.2. The molecule has 1 amide bonds. The monoisotopic (exact) mass is 409 g/mol. The van der Waals surface area contributed by atoms with Crippen LogP contribution in [0.25, 0.3) is 10.2 Å². The van der Waals surface area contributed by atoms with Gasteiger partial charge in [-0.05, 0) is 35.6 Å². The molecule has 0 aliphatic heterocycles. The van der Waals surface area contributed by atoms with Crippen LogP contribution in [0.1, 0.15) is 13.8 Å². The Bertz CT molecular complexity index is 1130. The Kier molecular flexibility index (Phi) is 5.48. The third-order valence-corrected chi connectivity index (χ3v) is 5.07. The summed E-state index contributed by atoms with van der Waals surface area (Å²) in [6.07, 6.45) is 0. The highest BCUT2D eigenvalue weighted by Gasteiger charge is 2.17. The highest BCUT2D eigenvalue weighted by Crippen LogP contribution is 2.20. The van der Waals surface area contributed by atoms with Gasteiger partial charge in [-0.15, -0.1) is 11.3 Å². The van der Waals surface area contributed by atoms with E-state index in [0.29, 0.717) is 15.9 Å². The number of nitrogens with zero attached hydrogens (tertiary/aromatic N) is 2. The molecule has 0 radical (unpaired) electrons. The minimum Gasteiger partial charge on any atom is -0.324 e. The van der Waals surface area contributed by atoms with E-state index in [2.05, 4.69) is 5.32 Å². The zero-order valence-electron chi connectivity index (χ0n) is 14.7. The molecule has 6 nitrogen and oxygen atoms in total. The van der Waals surface area contributed by atoms with Gasteiger partial charge in [0, 0.05) is 12.2 Å². The van der Waals surface area contributed by atoms with Crippen LogP contribution in [0, 0.1) is 11.7 Å². The first-order valence-corrected chi connectivity index (χ1v) is 9.49. The van der Waals surface area contributed by atoms with E-state index in [0.717, 1.165) is 10.6 Å². The van der Waals surface area contributed by atoms with E-state index in [1.807, 2.05) is 13.8 Å². The van der Waals surface area contributed by atoms with E-state index < -0.39 is 17.4 Å². The number of rotatable bonds is 5. The number of hydrogen-bond donors (Lipinski definition) is 1. The Morgan fingerprint density at radius 2 is 2.00 bits per heavy atom. The van der Waals surface area contributed by atoms with Crippen molar-refractivity contribution < 1.29 is 9.18 Å². The van der Waals surface area contributed by atoms with Gasteiger partial charge in [-0.2, -0.15) is 0 Å². The maximum absolute atomic E-state index is 13.2. The zero-order chi connectivity index (χ0) is 19.7. The summed E-state index contributed by atoms with van der Waals surface area (Å²) in [5.41, 5.74) is -0.147. The Balaban J connectivity index is 1.97. The van der Waals surface area contributed by atoms with Crippen LogP contribution in [0.15, 0.2) is 39.2 Å². The Labute approximate surface area is 162 Å². The fourth-order valence-corrected chi connectivity index (χ4v) is 3.75. The van der Waals surface area contributed by atoms with Crippen molar-refractivity contribution in [2.45, 2.75) is 26.9 Å². The predicted molar refractivity (Wildman–Crippen MR) is 105 cm³/mol. The lowest BCUT2D eigenvalue weighted by atomic mass is 10.2. The lowest BCUT2D eigenvalue weighted by molar-refractivity contribution is -0.116. The molecule has 0 aliphatic carbocycles. The molecule has 1 N–H and O–H groups in total. The largest absolute Gasteiger partial charge is 0.332 e. The summed E-state index contributed by atoms with van der Waals surface area (Å²) in [5, 5.41) is 4.18. The van der Waals surface area contributed by atoms with E-state index in [-0.39, 0.29) is 29.6 Å². The molecule has 0 unspecified atom stereocenters. The quantitative estimate of drug-likeness (QED) is 0.702. The summed E-state index contributed by atoms with van der Waals surface area (Å²) < 4.78 is 16.1. The van der Waals surface area contributed by atoms with Crippen LogP contribution in [-0.2, 0) is 17.9 Å². The van der Waals surface area contributed by atoms with Crippen molar-refractivity contribution in [2.75, 3.05) is 5.32 Å². The number of carbonyl (C=O) groups excluding carboxylic acids is 1. The van der Waals surface area contributed by atoms with Crippen molar-refractivity contribution in [3.05, 3.63) is 61.3 Å². The van der Waals surface area contributed by atoms with Crippen molar-refractivity contribution in [3.63, 3.8) is 0 Å². The van der Waals surface area contributed by atoms with Crippen molar-refractivity contribution in [3.8, 4) is 0 Å². The number of amides is 1. The highest BCUT2D eigenvalue weighted by molar-refractivity contribution is 7.17. The van der Waals surface area contributed by atoms with E-state index in [1.165, 1.54) is 28.0 Å². The van der Waals surface area contributed by atoms with Crippen LogP contribution in [0.2, 0.25) is 5.02 Å². The molecule has 0 aliphatic rings. The summed E-state index contributed by atoms with van der Waals surface area (Å²) in [6.45, 7) is 3.79. The number of thiophene rings is 1. The van der Waals surface area contributed by atoms with Crippen molar-refractivity contribution in [1.29, 1.82) is 0 Å². The first-order chi connectivity index (χ1) is 12.8. The molecule has 1 aromatic carbocycles. The number of anilines is 1. The molecule has 142 valence electrons. The molecule has 0 spiro atoms. The van der Waals surface area contributed by atoms with Crippen LogP contribution in [-0.4, -0.2) is 15.0 Å². The van der Waals surface area contributed by atoms with Crippen LogP contribution >= 0.6 is 22.9 Å². The first kappa shape index (κ1) is 19.3. The molecule has 0 saturated heterocycles. The van der Waals surface area contributed by atoms with Crippen LogP contribution in [0.5, 0.6) is 0 Å². The molecular weight excluding hydrogens is 393 g/mol. The molecule has 3 rings (SSSR count). The number of fused-ring (bicyclic) bond motifs is 1. The van der Waals surface area contributed by atoms with Gasteiger partial charge in [-0.25, -0.2) is 9.18 Å². The van der Waals surface area contributed by atoms with Gasteiger partial charge in [0.2, 0.25) is 5.91 Å². The normalized spacial score (nSPS) is 11.3. The fraction of sp³-hybridized carbons (Fsp3) is 0.278. The minimum absolute atomic E-state index is 0.0939. The van der Waals surface area contributed by atoms with Gasteiger partial charge < -0.3 is 5.32 Å². The van der Waals surface area contributed by atoms with Crippen molar-refractivity contribution in [1.82, 2.24) is 9.13 Å². The summed E-state index contributed by atoms with van der Waals surface area (Å²) in [6, 6.07) is 5.45. The van der Waals surface area contributed by atoms with Crippen LogP contribution in [0.3, 0.4) is 0 Å². The average Bonchev–Trinajstić information content (AvgIpc) is 3.08. The van der Waals surface area contributed by atoms with Gasteiger partial charge in [0.1, 0.15) is 17.1 Å². The summed E-state index contributed by atoms with van der Waals surface area (Å²) in [7, 11) is 0. The van der Waals surface area contributed by atoms with E-state index in [9.17, 15) is 18.8 Å². The molecule has 2 aromatic heterocycles. The Hall–Kier alpha value is -2.45. The lowest BCUT2D eigenvalue weighted by Crippen LogP contribution is -2.42. The third-order valence-electron chi connectivity index (χ3n) is 3.89. The van der Waals surface area contributed by atoms with Crippen molar-refractivity contribution in [2.24, 2.45) is 5.92 Å². The van der Waals surface area contributed by atoms with Gasteiger partial charge in [-0.3, -0.25) is 18.7 Å². The average molecular weight is 410 g/mol. The second-order valence-corrected chi connectivity index (χ2v) is 7.81. The molecule has 0 atom stereocenters. The minimum atomic E-state index is -0.591. The van der Waals surface area contributed by atoms with Crippen molar-refractivity contribution >= 4 is 44.7 Å². The maximum Gasteiger partial charge on any atom is 0.332 e. The predicted octanol–water partition coefficient (Wildman–Crippen LogP) is 3.31. The van der Waals surface area contributed by atoms with Crippen LogP contribution in [0.4, 0.5) is 10.1 Å². The molecule has 3 aromatic rings. The van der Waals surface area contributed by atoms with E-state index in [1.54, 1.807) is 11.4 Å². The third kappa shape index (κ3) is 3.96. The van der Waals surface area contributed by atoms with Gasteiger partial charge in [0.15, 0.2) is 0 Å². The molecule has 2 heterocycles. The Morgan fingerprint density at radius 3 is 2.67 bits per heavy atom. The van der Waals surface area contributed by atoms with Gasteiger partial charge in [-0.1, -0.05) is 25.4 Å². The number of halogens is 2. The number of hydrogen-bond acceptors (Lipinski definition) is 4. The lowest BCUT2D eigenvalue weighted by Gasteiger charge is -2.13. The summed E-state index contributed by atoms with van der Waals surface area (Å²) in [4.78, 5) is 37.8. The maximum atomic E-state index is 13.2. The second-order valence-electron chi connectivity index (χ2n) is 6.49. The van der Waals surface area contributed by atoms with Crippen LogP contribution < -0.4 is 16.6 Å². The SMILES string of the molecule is CC(C)Cn1c(=O)c2sccc2n(CC(=O)Nc2ccc(F)c(Cl)c2)c1=O. The molecule has 0 bridgehead atoms. The van der Waals surface area contributed by atoms with E-state index >= 15 is 0 Å². The number of nitrogens with one attached hydrogen (secondary N) is 1. The molecule has 9 heteroatoms. The van der Waals surface area contributed by atoms with E-state index in [4.69, 9.17) is 11.6 Å². The number of benzene rings is 1. The highest BCUT2D eigenvalue weighted by atomic mass is 35.5. The molecule has 0 saturated carbocycles. The Morgan fingerprint density at radius 1 is 1.26 bits per heavy atom. The van der Waals surface area contributed by atoms with Gasteiger partial charge >= 0.3 is 5.69 Å². The number of carbonyl (C=O) groups is 1. The molecule has 27 heavy (non-hydrogen) atoms. The summed E-state index contributed by atoms with van der Waals surface area (Å²) in [5.74, 6) is -0.981. The topological polar surface area (TPSA) is 73.1 Å². The second kappa shape index (κ2) is 7.66. The summed E-state index contributed by atoms with van der Waals surface area (Å²) >= 11 is 6.94. The number of aromatic nitrogens is 2. The fourth-order valence-electron chi connectivity index (χ4n) is 2.73. The standard InChI is InChI=1S/C18H17ClFN3O3S/c1-10(2)8-23-17(25)16-14(5-6-27-16)22(18(23)26)9-15(24)21-11-3-4-13(20)12(19)7-11/h3-7,10H,8-9H2,1-2H3,(H,21,24). The molecular formula is C18H17ClFN3O3S.